The van der Waals surface area contributed by atoms with E-state index in [1.54, 1.807) is 12.2 Å². The second kappa shape index (κ2) is 9.46. The van der Waals surface area contributed by atoms with Gasteiger partial charge in [0.1, 0.15) is 6.61 Å². The summed E-state index contributed by atoms with van der Waals surface area (Å²) >= 11 is 0. The number of aliphatic carboxylic acids is 1. The molecule has 0 fully saturated rings. The summed E-state index contributed by atoms with van der Waals surface area (Å²) in [4.78, 5) is 36.1. The standard InChI is InChI=1S/C26H23N3O6/c30-24(27-16-7-5-6-15(12-16)25(31)32)22-13-23(35-29-22)28-26(33)34-14-21-19-10-3-1-8-17(19)18-9-2-4-11-20(18)21/h1-5,7-11,13,15-16,21H,6,12,14H2,(H,27,30)(H,28,33)(H,31,32). The highest BCUT2D eigenvalue weighted by Gasteiger charge is 2.29. The maximum Gasteiger partial charge on any atom is 0.414 e. The second-order valence-electron chi connectivity index (χ2n) is 8.54. The van der Waals surface area contributed by atoms with E-state index in [9.17, 15) is 19.5 Å². The lowest BCUT2D eigenvalue weighted by molar-refractivity contribution is -0.142. The molecule has 9 heteroatoms. The zero-order valence-electron chi connectivity index (χ0n) is 18.6. The second-order valence-corrected chi connectivity index (χ2v) is 8.54. The molecule has 9 nitrogen and oxygen atoms in total. The molecular formula is C26H23N3O6. The molecule has 0 saturated carbocycles. The number of benzene rings is 2. The molecule has 3 N–H and O–H groups in total. The molecule has 0 spiro atoms. The fourth-order valence-electron chi connectivity index (χ4n) is 4.62. The van der Waals surface area contributed by atoms with Crippen LogP contribution < -0.4 is 10.6 Å². The third-order valence-corrected chi connectivity index (χ3v) is 6.30. The van der Waals surface area contributed by atoms with Crippen LogP contribution in [0.4, 0.5) is 10.7 Å². The van der Waals surface area contributed by atoms with E-state index in [2.05, 4.69) is 27.9 Å². The first-order chi connectivity index (χ1) is 17.0. The summed E-state index contributed by atoms with van der Waals surface area (Å²) in [7, 11) is 0. The van der Waals surface area contributed by atoms with Crippen LogP contribution in [0.15, 0.2) is 71.3 Å². The average Bonchev–Trinajstić information content (AvgIpc) is 3.46. The smallest absolute Gasteiger partial charge is 0.414 e. The number of nitrogens with zero attached hydrogens (tertiary/aromatic N) is 1. The molecule has 0 bridgehead atoms. The van der Waals surface area contributed by atoms with Crippen molar-refractivity contribution in [3.8, 4) is 11.1 Å². The SMILES string of the molecule is O=C(Nc1cc(C(=O)NC2C=CCC(C(=O)O)C2)no1)OCC1c2ccccc2-c2ccccc21. The van der Waals surface area contributed by atoms with Gasteiger partial charge < -0.3 is 19.7 Å². The fourth-order valence-corrected chi connectivity index (χ4v) is 4.62. The van der Waals surface area contributed by atoms with Crippen molar-refractivity contribution in [2.24, 2.45) is 5.92 Å². The van der Waals surface area contributed by atoms with E-state index < -0.39 is 29.9 Å². The van der Waals surface area contributed by atoms with Crippen LogP contribution >= 0.6 is 0 Å². The highest BCUT2D eigenvalue weighted by molar-refractivity contribution is 5.94. The van der Waals surface area contributed by atoms with E-state index in [0.29, 0.717) is 12.8 Å². The minimum atomic E-state index is -0.899. The molecule has 35 heavy (non-hydrogen) atoms. The first-order valence-electron chi connectivity index (χ1n) is 11.3. The normalized spacial score (nSPS) is 18.4. The van der Waals surface area contributed by atoms with Crippen molar-refractivity contribution >= 4 is 23.9 Å². The van der Waals surface area contributed by atoms with Crippen LogP contribution in [0.25, 0.3) is 11.1 Å². The Balaban J connectivity index is 1.17. The van der Waals surface area contributed by atoms with Crippen molar-refractivity contribution in [1.29, 1.82) is 0 Å². The van der Waals surface area contributed by atoms with Gasteiger partial charge in [-0.2, -0.15) is 0 Å². The zero-order chi connectivity index (χ0) is 24.4. The van der Waals surface area contributed by atoms with Crippen molar-refractivity contribution in [1.82, 2.24) is 10.5 Å². The summed E-state index contributed by atoms with van der Waals surface area (Å²) in [5, 5.41) is 18.0. The third-order valence-electron chi connectivity index (χ3n) is 6.30. The summed E-state index contributed by atoms with van der Waals surface area (Å²) in [6.45, 7) is 0.139. The number of amides is 2. The largest absolute Gasteiger partial charge is 0.481 e. The van der Waals surface area contributed by atoms with Crippen LogP contribution in [0.1, 0.15) is 40.4 Å². The highest BCUT2D eigenvalue weighted by atomic mass is 16.6. The molecule has 2 aliphatic rings. The first kappa shape index (κ1) is 22.4. The molecule has 0 radical (unpaired) electrons. The number of aromatic nitrogens is 1. The van der Waals surface area contributed by atoms with Crippen molar-refractivity contribution in [3.63, 3.8) is 0 Å². The summed E-state index contributed by atoms with van der Waals surface area (Å²) in [5.74, 6) is -2.09. The molecule has 1 aromatic heterocycles. The quantitative estimate of drug-likeness (QED) is 0.458. The van der Waals surface area contributed by atoms with Gasteiger partial charge >= 0.3 is 12.1 Å². The number of fused-ring (bicyclic) bond motifs is 3. The molecule has 2 amide bonds. The molecule has 0 saturated heterocycles. The maximum atomic E-state index is 12.5. The van der Waals surface area contributed by atoms with Crippen LogP contribution in [-0.4, -0.2) is 40.9 Å². The number of carboxylic acid groups (broad SMARTS) is 1. The van der Waals surface area contributed by atoms with Gasteiger partial charge in [-0.3, -0.25) is 14.9 Å². The predicted molar refractivity (Wildman–Crippen MR) is 126 cm³/mol. The van der Waals surface area contributed by atoms with Gasteiger partial charge in [0.15, 0.2) is 5.69 Å². The van der Waals surface area contributed by atoms with Gasteiger partial charge in [0.25, 0.3) is 5.91 Å². The monoisotopic (exact) mass is 473 g/mol. The van der Waals surface area contributed by atoms with Crippen LogP contribution in [0, 0.1) is 5.92 Å². The lowest BCUT2D eigenvalue weighted by atomic mass is 9.91. The van der Waals surface area contributed by atoms with Crippen LogP contribution in [0.2, 0.25) is 0 Å². The van der Waals surface area contributed by atoms with Crippen molar-refractivity contribution in [2.75, 3.05) is 11.9 Å². The Morgan fingerprint density at radius 2 is 1.74 bits per heavy atom. The number of carbonyl (C=O) groups is 3. The molecule has 2 aromatic carbocycles. The highest BCUT2D eigenvalue weighted by Crippen LogP contribution is 2.44. The molecule has 2 atom stereocenters. The van der Waals surface area contributed by atoms with Gasteiger partial charge in [-0.15, -0.1) is 0 Å². The summed E-state index contributed by atoms with van der Waals surface area (Å²) in [6, 6.07) is 16.9. The molecule has 178 valence electrons. The average molecular weight is 473 g/mol. The Labute approximate surface area is 200 Å². The number of ether oxygens (including phenoxy) is 1. The summed E-state index contributed by atoms with van der Waals surface area (Å²) in [6.07, 6.45) is 3.49. The summed E-state index contributed by atoms with van der Waals surface area (Å²) < 4.78 is 10.5. The maximum absolute atomic E-state index is 12.5. The number of carbonyl (C=O) groups excluding carboxylic acids is 2. The van der Waals surface area contributed by atoms with Gasteiger partial charge in [-0.05, 0) is 35.1 Å². The van der Waals surface area contributed by atoms with E-state index in [-0.39, 0.29) is 24.1 Å². The number of hydrogen-bond acceptors (Lipinski definition) is 6. The third kappa shape index (κ3) is 4.65. The molecular weight excluding hydrogens is 450 g/mol. The van der Waals surface area contributed by atoms with Crippen molar-refractivity contribution < 1.29 is 28.8 Å². The molecule has 3 aromatic rings. The molecule has 2 unspecified atom stereocenters. The number of anilines is 1. The van der Waals surface area contributed by atoms with E-state index in [1.165, 1.54) is 6.07 Å². The lowest BCUT2D eigenvalue weighted by Crippen LogP contribution is -2.37. The van der Waals surface area contributed by atoms with Gasteiger partial charge in [-0.25, -0.2) is 4.79 Å². The molecule has 1 heterocycles. The number of hydrogen-bond donors (Lipinski definition) is 3. The minimum Gasteiger partial charge on any atom is -0.481 e. The zero-order valence-corrected chi connectivity index (χ0v) is 18.6. The Morgan fingerprint density at radius 3 is 2.43 bits per heavy atom. The van der Waals surface area contributed by atoms with E-state index in [4.69, 9.17) is 9.26 Å². The van der Waals surface area contributed by atoms with Crippen LogP contribution in [0.5, 0.6) is 0 Å². The fraction of sp³-hybridized carbons (Fsp3) is 0.231. The number of carboxylic acids is 1. The van der Waals surface area contributed by atoms with Crippen LogP contribution in [-0.2, 0) is 9.53 Å². The van der Waals surface area contributed by atoms with Crippen LogP contribution in [0.3, 0.4) is 0 Å². The Kier molecular flexibility index (Phi) is 6.05. The number of nitrogens with one attached hydrogen (secondary N) is 2. The predicted octanol–water partition coefficient (Wildman–Crippen LogP) is 4.18. The first-order valence-corrected chi connectivity index (χ1v) is 11.3. The van der Waals surface area contributed by atoms with Gasteiger partial charge in [0, 0.05) is 18.0 Å². The molecule has 2 aliphatic carbocycles. The van der Waals surface area contributed by atoms with Gasteiger partial charge in [0.2, 0.25) is 5.88 Å². The van der Waals surface area contributed by atoms with E-state index in [1.807, 2.05) is 36.4 Å². The van der Waals surface area contributed by atoms with Crippen molar-refractivity contribution in [3.05, 3.63) is 83.6 Å². The summed E-state index contributed by atoms with van der Waals surface area (Å²) in [5.41, 5.74) is 4.42. The van der Waals surface area contributed by atoms with Gasteiger partial charge in [-0.1, -0.05) is 65.8 Å². The Bertz CT molecular complexity index is 1270. The molecule has 0 aliphatic heterocycles. The molecule has 5 rings (SSSR count). The lowest BCUT2D eigenvalue weighted by Gasteiger charge is -2.22. The van der Waals surface area contributed by atoms with E-state index >= 15 is 0 Å². The Morgan fingerprint density at radius 1 is 1.06 bits per heavy atom. The topological polar surface area (TPSA) is 131 Å². The van der Waals surface area contributed by atoms with Gasteiger partial charge in [0.05, 0.1) is 5.92 Å². The Hall–Kier alpha value is -4.40. The minimum absolute atomic E-state index is 0.0324. The van der Waals surface area contributed by atoms with Crippen molar-refractivity contribution in [2.45, 2.75) is 24.8 Å². The number of allylic oxidation sites excluding steroid dienone is 1. The van der Waals surface area contributed by atoms with E-state index in [0.717, 1.165) is 22.3 Å². The number of rotatable bonds is 6.